The Labute approximate surface area is 115 Å². The molecule has 1 unspecified atom stereocenters. The highest BCUT2D eigenvalue weighted by Gasteiger charge is 2.12. The van der Waals surface area contributed by atoms with E-state index in [1.807, 2.05) is 25.1 Å². The van der Waals surface area contributed by atoms with E-state index in [2.05, 4.69) is 38.1 Å². The van der Waals surface area contributed by atoms with Crippen LogP contribution >= 0.6 is 0 Å². The molecule has 0 aliphatic carbocycles. The molecule has 0 saturated carbocycles. The molecule has 0 spiro atoms. The van der Waals surface area contributed by atoms with Crippen LogP contribution in [0.5, 0.6) is 5.75 Å². The smallest absolute Gasteiger partial charge is 0.127 e. The van der Waals surface area contributed by atoms with Crippen molar-refractivity contribution in [3.63, 3.8) is 0 Å². The van der Waals surface area contributed by atoms with Crippen LogP contribution < -0.4 is 10.5 Å². The van der Waals surface area contributed by atoms with Crippen LogP contribution in [-0.4, -0.2) is 0 Å². The van der Waals surface area contributed by atoms with E-state index in [0.29, 0.717) is 6.61 Å². The second-order valence-electron chi connectivity index (χ2n) is 5.06. The van der Waals surface area contributed by atoms with Crippen LogP contribution in [0, 0.1) is 13.8 Å². The summed E-state index contributed by atoms with van der Waals surface area (Å²) in [6, 6.07) is 14.4. The number of ether oxygens (including phenoxy) is 1. The molecule has 0 heterocycles. The fraction of sp³-hybridized carbons (Fsp3) is 0.294. The van der Waals surface area contributed by atoms with Crippen LogP contribution in [0.1, 0.15) is 35.2 Å². The molecule has 0 aliphatic heterocycles. The molecule has 2 N–H and O–H groups in total. The van der Waals surface area contributed by atoms with Crippen molar-refractivity contribution < 1.29 is 4.74 Å². The molecule has 1 atom stereocenters. The lowest BCUT2D eigenvalue weighted by Crippen LogP contribution is -2.09. The lowest BCUT2D eigenvalue weighted by atomic mass is 10.0. The molecule has 2 rings (SSSR count). The van der Waals surface area contributed by atoms with E-state index in [1.54, 1.807) is 0 Å². The zero-order valence-corrected chi connectivity index (χ0v) is 11.8. The summed E-state index contributed by atoms with van der Waals surface area (Å²) >= 11 is 0. The lowest BCUT2D eigenvalue weighted by Gasteiger charge is -2.17. The Kier molecular flexibility index (Phi) is 4.23. The van der Waals surface area contributed by atoms with Gasteiger partial charge < -0.3 is 10.5 Å². The first-order chi connectivity index (χ1) is 9.08. The van der Waals surface area contributed by atoms with Gasteiger partial charge in [0.05, 0.1) is 0 Å². The first kappa shape index (κ1) is 13.6. The molecular weight excluding hydrogens is 234 g/mol. The minimum absolute atomic E-state index is 0.0237. The van der Waals surface area contributed by atoms with Crippen LogP contribution in [-0.2, 0) is 6.61 Å². The third-order valence-corrected chi connectivity index (χ3v) is 3.16. The first-order valence-electron chi connectivity index (χ1n) is 6.61. The highest BCUT2D eigenvalue weighted by atomic mass is 16.5. The van der Waals surface area contributed by atoms with Crippen molar-refractivity contribution in [1.82, 2.24) is 0 Å². The Balaban J connectivity index is 2.24. The summed E-state index contributed by atoms with van der Waals surface area (Å²) in [6.07, 6.45) is 0. The van der Waals surface area contributed by atoms with E-state index in [0.717, 1.165) is 22.4 Å². The van der Waals surface area contributed by atoms with Crippen LogP contribution in [0.25, 0.3) is 0 Å². The second-order valence-corrected chi connectivity index (χ2v) is 5.06. The second kappa shape index (κ2) is 5.89. The Morgan fingerprint density at radius 1 is 1.11 bits per heavy atom. The summed E-state index contributed by atoms with van der Waals surface area (Å²) in [6.45, 7) is 6.72. The maximum atomic E-state index is 6.04. The predicted octanol–water partition coefficient (Wildman–Crippen LogP) is 3.90. The standard InChI is InChI=1S/C17H21NO/c1-12-9-13(2)17(16(10-12)14(3)18)19-11-15-7-5-4-6-8-15/h4-10,14H,11,18H2,1-3H3. The molecule has 0 fully saturated rings. The van der Waals surface area contributed by atoms with Crippen molar-refractivity contribution in [3.05, 3.63) is 64.7 Å². The van der Waals surface area contributed by atoms with E-state index in [4.69, 9.17) is 10.5 Å². The summed E-state index contributed by atoms with van der Waals surface area (Å²) < 4.78 is 5.99. The summed E-state index contributed by atoms with van der Waals surface area (Å²) in [5.41, 5.74) is 10.6. The maximum absolute atomic E-state index is 6.04. The number of rotatable bonds is 4. The van der Waals surface area contributed by atoms with Crippen molar-refractivity contribution >= 4 is 0 Å². The highest BCUT2D eigenvalue weighted by molar-refractivity contribution is 5.45. The zero-order chi connectivity index (χ0) is 13.8. The van der Waals surface area contributed by atoms with E-state index >= 15 is 0 Å². The summed E-state index contributed by atoms with van der Waals surface area (Å²) in [4.78, 5) is 0. The van der Waals surface area contributed by atoms with E-state index in [1.165, 1.54) is 5.56 Å². The molecule has 0 aliphatic rings. The number of hydrogen-bond donors (Lipinski definition) is 1. The number of benzene rings is 2. The van der Waals surface area contributed by atoms with Crippen molar-refractivity contribution in [2.75, 3.05) is 0 Å². The molecular formula is C17H21NO. The van der Waals surface area contributed by atoms with Gasteiger partial charge in [-0.3, -0.25) is 0 Å². The van der Waals surface area contributed by atoms with Crippen molar-refractivity contribution in [2.45, 2.75) is 33.4 Å². The Morgan fingerprint density at radius 2 is 1.79 bits per heavy atom. The topological polar surface area (TPSA) is 35.2 Å². The van der Waals surface area contributed by atoms with Gasteiger partial charge in [0.2, 0.25) is 0 Å². The Morgan fingerprint density at radius 3 is 2.42 bits per heavy atom. The third-order valence-electron chi connectivity index (χ3n) is 3.16. The SMILES string of the molecule is Cc1cc(C)c(OCc2ccccc2)c(C(C)N)c1. The highest BCUT2D eigenvalue weighted by Crippen LogP contribution is 2.30. The molecule has 100 valence electrons. The van der Waals surface area contributed by atoms with Gasteiger partial charge in [-0.2, -0.15) is 0 Å². The maximum Gasteiger partial charge on any atom is 0.127 e. The van der Waals surface area contributed by atoms with Gasteiger partial charge in [0.1, 0.15) is 12.4 Å². The van der Waals surface area contributed by atoms with Gasteiger partial charge >= 0.3 is 0 Å². The molecule has 2 nitrogen and oxygen atoms in total. The van der Waals surface area contributed by atoms with Crippen LogP contribution in [0.4, 0.5) is 0 Å². The molecule has 2 aromatic carbocycles. The number of nitrogens with two attached hydrogens (primary N) is 1. The largest absolute Gasteiger partial charge is 0.488 e. The van der Waals surface area contributed by atoms with Crippen molar-refractivity contribution in [2.24, 2.45) is 5.73 Å². The first-order valence-corrected chi connectivity index (χ1v) is 6.61. The van der Waals surface area contributed by atoms with Crippen LogP contribution in [0.3, 0.4) is 0 Å². The normalized spacial score (nSPS) is 12.2. The van der Waals surface area contributed by atoms with Gasteiger partial charge in [-0.05, 0) is 31.9 Å². The molecule has 0 amide bonds. The minimum Gasteiger partial charge on any atom is -0.488 e. The quantitative estimate of drug-likeness (QED) is 0.899. The van der Waals surface area contributed by atoms with Gasteiger partial charge in [0.25, 0.3) is 0 Å². The predicted molar refractivity (Wildman–Crippen MR) is 79.3 cm³/mol. The minimum atomic E-state index is -0.0237. The molecule has 2 heteroatoms. The average Bonchev–Trinajstić information content (AvgIpc) is 2.38. The third kappa shape index (κ3) is 3.36. The van der Waals surface area contributed by atoms with E-state index < -0.39 is 0 Å². The lowest BCUT2D eigenvalue weighted by molar-refractivity contribution is 0.299. The van der Waals surface area contributed by atoms with Crippen LogP contribution in [0.15, 0.2) is 42.5 Å². The van der Waals surface area contributed by atoms with Gasteiger partial charge in [0, 0.05) is 11.6 Å². The average molecular weight is 255 g/mol. The fourth-order valence-electron chi connectivity index (χ4n) is 2.25. The van der Waals surface area contributed by atoms with Gasteiger partial charge in [-0.15, -0.1) is 0 Å². The molecule has 0 saturated heterocycles. The number of hydrogen-bond acceptors (Lipinski definition) is 2. The molecule has 19 heavy (non-hydrogen) atoms. The summed E-state index contributed by atoms with van der Waals surface area (Å²) in [5, 5.41) is 0. The summed E-state index contributed by atoms with van der Waals surface area (Å²) in [5.74, 6) is 0.921. The van der Waals surface area contributed by atoms with Gasteiger partial charge in [0.15, 0.2) is 0 Å². The monoisotopic (exact) mass is 255 g/mol. The Hall–Kier alpha value is -1.80. The molecule has 0 bridgehead atoms. The van der Waals surface area contributed by atoms with Crippen molar-refractivity contribution in [1.29, 1.82) is 0 Å². The molecule has 0 aromatic heterocycles. The fourth-order valence-corrected chi connectivity index (χ4v) is 2.25. The van der Waals surface area contributed by atoms with E-state index in [9.17, 15) is 0 Å². The van der Waals surface area contributed by atoms with Crippen molar-refractivity contribution in [3.8, 4) is 5.75 Å². The van der Waals surface area contributed by atoms with Gasteiger partial charge in [-0.1, -0.05) is 48.0 Å². The number of aryl methyl sites for hydroxylation is 2. The van der Waals surface area contributed by atoms with Gasteiger partial charge in [-0.25, -0.2) is 0 Å². The molecule has 0 radical (unpaired) electrons. The molecule has 2 aromatic rings. The zero-order valence-electron chi connectivity index (χ0n) is 11.8. The van der Waals surface area contributed by atoms with Crippen LogP contribution in [0.2, 0.25) is 0 Å². The van der Waals surface area contributed by atoms with E-state index in [-0.39, 0.29) is 6.04 Å². The summed E-state index contributed by atoms with van der Waals surface area (Å²) in [7, 11) is 0. The Bertz CT molecular complexity index is 547.